The van der Waals surface area contributed by atoms with Crippen LogP contribution >= 0.6 is 47.0 Å². The van der Waals surface area contributed by atoms with Crippen LogP contribution in [0.15, 0.2) is 84.9 Å². The van der Waals surface area contributed by atoms with Crippen molar-refractivity contribution in [3.05, 3.63) is 102 Å². The number of alkyl halides is 3. The number of rotatable bonds is 6. The van der Waals surface area contributed by atoms with E-state index in [9.17, 15) is 4.79 Å². The number of benzene rings is 3. The molecule has 0 aliphatic carbocycles. The number of aryl methyl sites for hydroxylation is 1. The Labute approximate surface area is 208 Å². The zero-order valence-corrected chi connectivity index (χ0v) is 20.3. The average Bonchev–Trinajstić information content (AvgIpc) is 2.74. The lowest BCUT2D eigenvalue weighted by atomic mass is 9.90. The molecule has 0 aliphatic rings. The number of amides is 1. The highest BCUT2D eigenvalue weighted by atomic mass is 35.6. The number of hydrogen-bond acceptors (Lipinski definition) is 2. The molecule has 1 atom stereocenters. The number of nitrogens with one attached hydrogen (secondary N) is 3. The summed E-state index contributed by atoms with van der Waals surface area (Å²) in [6, 6.07) is 26.5. The maximum atomic E-state index is 13.4. The van der Waals surface area contributed by atoms with E-state index >= 15 is 0 Å². The van der Waals surface area contributed by atoms with Gasteiger partial charge in [0.05, 0.1) is 5.92 Å². The van der Waals surface area contributed by atoms with Crippen LogP contribution in [0.3, 0.4) is 0 Å². The summed E-state index contributed by atoms with van der Waals surface area (Å²) in [5, 5.41) is 8.97. The van der Waals surface area contributed by atoms with Crippen molar-refractivity contribution < 1.29 is 4.79 Å². The number of carbonyl (C=O) groups excluding carboxylic acids is 1. The van der Waals surface area contributed by atoms with Gasteiger partial charge >= 0.3 is 0 Å². The van der Waals surface area contributed by atoms with E-state index < -0.39 is 15.9 Å². The zero-order chi connectivity index (χ0) is 23.1. The summed E-state index contributed by atoms with van der Waals surface area (Å²) in [5.74, 6) is -0.920. The van der Waals surface area contributed by atoms with Gasteiger partial charge in [0.25, 0.3) is 0 Å². The summed E-state index contributed by atoms with van der Waals surface area (Å²) in [4.78, 5) is 13.4. The first-order valence-electron chi connectivity index (χ1n) is 9.85. The molecule has 3 rings (SSSR count). The Balaban J connectivity index is 1.80. The topological polar surface area (TPSA) is 53.2 Å². The first-order valence-corrected chi connectivity index (χ1v) is 11.4. The average molecular weight is 507 g/mol. The maximum absolute atomic E-state index is 13.4. The van der Waals surface area contributed by atoms with Crippen molar-refractivity contribution in [2.45, 2.75) is 22.8 Å². The van der Waals surface area contributed by atoms with Crippen molar-refractivity contribution in [3.8, 4) is 0 Å². The zero-order valence-electron chi connectivity index (χ0n) is 17.2. The Morgan fingerprint density at radius 1 is 0.844 bits per heavy atom. The van der Waals surface area contributed by atoms with Crippen LogP contribution in [0.4, 0.5) is 5.69 Å². The van der Waals surface area contributed by atoms with Crippen LogP contribution in [-0.4, -0.2) is 21.0 Å². The van der Waals surface area contributed by atoms with E-state index in [-0.39, 0.29) is 11.0 Å². The van der Waals surface area contributed by atoms with Crippen LogP contribution in [0.2, 0.25) is 0 Å². The second-order valence-electron chi connectivity index (χ2n) is 7.21. The van der Waals surface area contributed by atoms with Gasteiger partial charge in [0.1, 0.15) is 6.17 Å². The Morgan fingerprint density at radius 3 is 1.91 bits per heavy atom. The minimum absolute atomic E-state index is 0.211. The van der Waals surface area contributed by atoms with E-state index in [1.165, 1.54) is 0 Å². The molecule has 0 heterocycles. The molecule has 0 aromatic heterocycles. The van der Waals surface area contributed by atoms with Gasteiger partial charge in [-0.25, -0.2) is 0 Å². The van der Waals surface area contributed by atoms with E-state index in [2.05, 4.69) is 16.0 Å². The molecule has 3 aromatic rings. The van der Waals surface area contributed by atoms with Crippen LogP contribution in [-0.2, 0) is 4.79 Å². The molecule has 1 unspecified atom stereocenters. The van der Waals surface area contributed by atoms with Crippen molar-refractivity contribution in [1.82, 2.24) is 10.6 Å². The maximum Gasteiger partial charge on any atom is 0.233 e. The van der Waals surface area contributed by atoms with Crippen molar-refractivity contribution in [2.24, 2.45) is 0 Å². The molecule has 3 aromatic carbocycles. The van der Waals surface area contributed by atoms with Crippen molar-refractivity contribution >= 4 is 63.7 Å². The summed E-state index contributed by atoms with van der Waals surface area (Å²) < 4.78 is -1.86. The lowest BCUT2D eigenvalue weighted by Gasteiger charge is -2.29. The number of hydrogen-bond donors (Lipinski definition) is 3. The molecule has 0 saturated heterocycles. The number of carbonyl (C=O) groups is 1. The second-order valence-corrected chi connectivity index (χ2v) is 9.98. The van der Waals surface area contributed by atoms with Gasteiger partial charge in [-0.2, -0.15) is 0 Å². The highest BCUT2D eigenvalue weighted by Gasteiger charge is 2.36. The molecule has 4 nitrogen and oxygen atoms in total. The molecule has 0 spiro atoms. The van der Waals surface area contributed by atoms with Gasteiger partial charge in [0.2, 0.25) is 9.70 Å². The van der Waals surface area contributed by atoms with Gasteiger partial charge in [-0.1, -0.05) is 108 Å². The van der Waals surface area contributed by atoms with Crippen LogP contribution < -0.4 is 16.0 Å². The third-order valence-electron chi connectivity index (χ3n) is 4.69. The third kappa shape index (κ3) is 6.84. The predicted molar refractivity (Wildman–Crippen MR) is 137 cm³/mol. The summed E-state index contributed by atoms with van der Waals surface area (Å²) in [7, 11) is 0. The minimum atomic E-state index is -1.86. The number of anilines is 1. The Bertz CT molecular complexity index is 1020. The van der Waals surface area contributed by atoms with Crippen LogP contribution in [0, 0.1) is 6.92 Å². The van der Waals surface area contributed by atoms with E-state index in [1.807, 2.05) is 91.9 Å². The van der Waals surface area contributed by atoms with E-state index in [4.69, 9.17) is 47.0 Å². The Hall–Kier alpha value is -2.31. The standard InChI is InChI=1S/C24H22Cl3N3OS/c1-16-9-8-14-19(15-16)28-23(32)30-22(24(25,26)27)29-21(31)20(17-10-4-2-5-11-17)18-12-6-3-7-13-18/h2-15,20,22H,1H3,(H,29,31)(H2,28,30,32). The van der Waals surface area contributed by atoms with Crippen molar-refractivity contribution in [2.75, 3.05) is 5.32 Å². The Morgan fingerprint density at radius 2 is 1.41 bits per heavy atom. The monoisotopic (exact) mass is 505 g/mol. The lowest BCUT2D eigenvalue weighted by molar-refractivity contribution is -0.122. The van der Waals surface area contributed by atoms with Gasteiger partial charge in [0, 0.05) is 5.69 Å². The van der Waals surface area contributed by atoms with Crippen LogP contribution in [0.1, 0.15) is 22.6 Å². The lowest BCUT2D eigenvalue weighted by Crippen LogP contribution is -2.57. The molecular weight excluding hydrogens is 485 g/mol. The van der Waals surface area contributed by atoms with Gasteiger partial charge in [-0.15, -0.1) is 0 Å². The quantitative estimate of drug-likeness (QED) is 0.220. The van der Waals surface area contributed by atoms with Crippen LogP contribution in [0.5, 0.6) is 0 Å². The molecule has 166 valence electrons. The first kappa shape index (κ1) is 24.3. The third-order valence-corrected chi connectivity index (χ3v) is 5.57. The van der Waals surface area contributed by atoms with Gasteiger partial charge in [0.15, 0.2) is 5.11 Å². The van der Waals surface area contributed by atoms with Gasteiger partial charge in [-0.05, 0) is 48.0 Å². The summed E-state index contributed by atoms with van der Waals surface area (Å²) in [6.07, 6.45) is -1.07. The first-order chi connectivity index (χ1) is 15.2. The molecule has 8 heteroatoms. The largest absolute Gasteiger partial charge is 0.339 e. The SMILES string of the molecule is Cc1cccc(NC(=S)NC(NC(=O)C(c2ccccc2)c2ccccc2)C(Cl)(Cl)Cl)c1. The highest BCUT2D eigenvalue weighted by Crippen LogP contribution is 2.31. The molecule has 0 bridgehead atoms. The minimum Gasteiger partial charge on any atom is -0.339 e. The fraction of sp³-hybridized carbons (Fsp3) is 0.167. The Kier molecular flexibility index (Phi) is 8.38. The molecule has 1 amide bonds. The normalized spacial score (nSPS) is 12.2. The van der Waals surface area contributed by atoms with Gasteiger partial charge in [-0.3, -0.25) is 4.79 Å². The number of thiocarbonyl (C=S) groups is 1. The molecule has 0 aliphatic heterocycles. The van der Waals surface area contributed by atoms with E-state index in [0.29, 0.717) is 0 Å². The summed E-state index contributed by atoms with van der Waals surface area (Å²) in [6.45, 7) is 1.97. The smallest absolute Gasteiger partial charge is 0.233 e. The van der Waals surface area contributed by atoms with Gasteiger partial charge < -0.3 is 16.0 Å². The second kappa shape index (κ2) is 11.0. The molecule has 3 N–H and O–H groups in total. The summed E-state index contributed by atoms with van der Waals surface area (Å²) >= 11 is 23.9. The highest BCUT2D eigenvalue weighted by molar-refractivity contribution is 7.80. The van der Waals surface area contributed by atoms with E-state index in [0.717, 1.165) is 22.4 Å². The van der Waals surface area contributed by atoms with Crippen LogP contribution in [0.25, 0.3) is 0 Å². The van der Waals surface area contributed by atoms with Crippen molar-refractivity contribution in [3.63, 3.8) is 0 Å². The molecule has 0 saturated carbocycles. The predicted octanol–water partition coefficient (Wildman–Crippen LogP) is 5.93. The summed E-state index contributed by atoms with van der Waals surface area (Å²) in [5.41, 5.74) is 3.49. The molecule has 0 fully saturated rings. The molecular formula is C24H22Cl3N3OS. The number of halogens is 3. The van der Waals surface area contributed by atoms with Crippen molar-refractivity contribution in [1.29, 1.82) is 0 Å². The fourth-order valence-electron chi connectivity index (χ4n) is 3.23. The fourth-order valence-corrected chi connectivity index (χ4v) is 3.80. The molecule has 32 heavy (non-hydrogen) atoms. The molecule has 0 radical (unpaired) electrons. The van der Waals surface area contributed by atoms with E-state index in [1.54, 1.807) is 0 Å².